The maximum atomic E-state index is 5.39. The molecule has 0 aliphatic heterocycles. The molecule has 17 heavy (non-hydrogen) atoms. The zero-order valence-corrected chi connectivity index (χ0v) is 11.7. The third-order valence-electron chi connectivity index (χ3n) is 2.28. The van der Waals surface area contributed by atoms with Crippen LogP contribution in [0.25, 0.3) is 0 Å². The lowest BCUT2D eigenvalue weighted by Crippen LogP contribution is -2.01. The molecule has 0 aromatic heterocycles. The Kier molecular flexibility index (Phi) is 11.0. The molecule has 0 fully saturated rings. The summed E-state index contributed by atoms with van der Waals surface area (Å²) in [6.07, 6.45) is 2.64. The molecule has 0 N–H and O–H groups in total. The van der Waals surface area contributed by atoms with Crippen molar-refractivity contribution in [3.8, 4) is 0 Å². The van der Waals surface area contributed by atoms with Gasteiger partial charge in [0.1, 0.15) is 0 Å². The first kappa shape index (κ1) is 16.1. The molecule has 0 amide bonds. The highest BCUT2D eigenvalue weighted by Gasteiger charge is 1.92. The van der Waals surface area contributed by atoms with E-state index in [-0.39, 0.29) is 0 Å². The minimum Gasteiger partial charge on any atom is -0.382 e. The van der Waals surface area contributed by atoms with E-state index >= 15 is 0 Å². The molecule has 1 aromatic carbocycles. The first-order chi connectivity index (χ1) is 8.24. The molecule has 0 atom stereocenters. The number of rotatable bonds is 6. The van der Waals surface area contributed by atoms with Crippen LogP contribution in [0.3, 0.4) is 0 Å². The first-order valence-corrected chi connectivity index (χ1v) is 6.36. The molecule has 0 unspecified atom stereocenters. The summed E-state index contributed by atoms with van der Waals surface area (Å²) in [5.41, 5.74) is 2.49. The molecule has 0 aliphatic rings. The highest BCUT2D eigenvalue weighted by Crippen LogP contribution is 2.04. The van der Waals surface area contributed by atoms with Crippen LogP contribution in [0.5, 0.6) is 0 Å². The van der Waals surface area contributed by atoms with Gasteiger partial charge < -0.3 is 9.47 Å². The number of ether oxygens (including phenoxy) is 2. The Bertz CT molecular complexity index is 269. The lowest BCUT2D eigenvalue weighted by atomic mass is 10.1. The third-order valence-corrected chi connectivity index (χ3v) is 2.28. The second-order valence-electron chi connectivity index (χ2n) is 4.03. The van der Waals surface area contributed by atoms with Gasteiger partial charge in [0.05, 0.1) is 19.8 Å². The van der Waals surface area contributed by atoms with Gasteiger partial charge in [0.2, 0.25) is 0 Å². The standard InChI is InChI=1S/C11H16O2.C4H10/c1-10-4-3-5-11(8-10)9-13-7-6-12-2;1-3-4-2/h3-5,8H,6-7,9H2,1-2H3;3-4H2,1-2H3. The van der Waals surface area contributed by atoms with Gasteiger partial charge in [0.25, 0.3) is 0 Å². The summed E-state index contributed by atoms with van der Waals surface area (Å²) in [5, 5.41) is 0. The monoisotopic (exact) mass is 238 g/mol. The number of methoxy groups -OCH3 is 1. The molecule has 2 heteroatoms. The zero-order valence-electron chi connectivity index (χ0n) is 11.7. The average molecular weight is 238 g/mol. The predicted octanol–water partition coefficient (Wildman–Crippen LogP) is 3.96. The van der Waals surface area contributed by atoms with Gasteiger partial charge in [0.15, 0.2) is 0 Å². The summed E-state index contributed by atoms with van der Waals surface area (Å²) in [6, 6.07) is 8.33. The lowest BCUT2D eigenvalue weighted by Gasteiger charge is -2.04. The van der Waals surface area contributed by atoms with E-state index in [2.05, 4.69) is 39.0 Å². The van der Waals surface area contributed by atoms with Gasteiger partial charge in [0, 0.05) is 7.11 Å². The van der Waals surface area contributed by atoms with Gasteiger partial charge in [-0.3, -0.25) is 0 Å². The quantitative estimate of drug-likeness (QED) is 0.698. The van der Waals surface area contributed by atoms with Gasteiger partial charge in [-0.1, -0.05) is 56.5 Å². The van der Waals surface area contributed by atoms with Gasteiger partial charge in [-0.15, -0.1) is 0 Å². The van der Waals surface area contributed by atoms with Crippen LogP contribution in [0.1, 0.15) is 37.8 Å². The number of benzene rings is 1. The van der Waals surface area contributed by atoms with Crippen LogP contribution >= 0.6 is 0 Å². The summed E-state index contributed by atoms with van der Waals surface area (Å²) < 4.78 is 10.3. The molecular weight excluding hydrogens is 212 g/mol. The van der Waals surface area contributed by atoms with Crippen molar-refractivity contribution in [2.75, 3.05) is 20.3 Å². The van der Waals surface area contributed by atoms with Gasteiger partial charge in [-0.25, -0.2) is 0 Å². The molecule has 98 valence electrons. The Hall–Kier alpha value is -0.860. The molecule has 0 saturated heterocycles. The largest absolute Gasteiger partial charge is 0.382 e. The van der Waals surface area contributed by atoms with Crippen molar-refractivity contribution in [1.29, 1.82) is 0 Å². The highest BCUT2D eigenvalue weighted by molar-refractivity contribution is 5.21. The maximum Gasteiger partial charge on any atom is 0.0718 e. The van der Waals surface area contributed by atoms with E-state index in [1.807, 2.05) is 6.07 Å². The third kappa shape index (κ3) is 10.0. The molecule has 0 spiro atoms. The van der Waals surface area contributed by atoms with Crippen molar-refractivity contribution in [1.82, 2.24) is 0 Å². The number of aryl methyl sites for hydroxylation is 1. The van der Waals surface area contributed by atoms with Crippen LogP contribution in [0, 0.1) is 6.92 Å². The minimum atomic E-state index is 0.657. The molecule has 1 rings (SSSR count). The Morgan fingerprint density at radius 1 is 1.06 bits per heavy atom. The summed E-state index contributed by atoms with van der Waals surface area (Å²) in [4.78, 5) is 0. The number of unbranched alkanes of at least 4 members (excludes halogenated alkanes) is 1. The first-order valence-electron chi connectivity index (χ1n) is 6.36. The van der Waals surface area contributed by atoms with Crippen molar-refractivity contribution in [2.24, 2.45) is 0 Å². The summed E-state index contributed by atoms with van der Waals surface area (Å²) >= 11 is 0. The van der Waals surface area contributed by atoms with Crippen LogP contribution in [0.2, 0.25) is 0 Å². The summed E-state index contributed by atoms with van der Waals surface area (Å²) in [7, 11) is 1.68. The molecular formula is C15H26O2. The smallest absolute Gasteiger partial charge is 0.0718 e. The molecule has 2 nitrogen and oxygen atoms in total. The lowest BCUT2D eigenvalue weighted by molar-refractivity contribution is 0.0616. The predicted molar refractivity (Wildman–Crippen MR) is 73.3 cm³/mol. The molecule has 0 bridgehead atoms. The Morgan fingerprint density at radius 2 is 1.76 bits per heavy atom. The second-order valence-corrected chi connectivity index (χ2v) is 4.03. The SMILES string of the molecule is CCCC.COCCOCc1cccc(C)c1. The fourth-order valence-electron chi connectivity index (χ4n) is 1.13. The van der Waals surface area contributed by atoms with Crippen molar-refractivity contribution in [2.45, 2.75) is 40.2 Å². The molecule has 0 saturated carbocycles. The van der Waals surface area contributed by atoms with Crippen molar-refractivity contribution < 1.29 is 9.47 Å². The van der Waals surface area contributed by atoms with Crippen LogP contribution in [-0.2, 0) is 16.1 Å². The zero-order chi connectivity index (χ0) is 12.9. The van der Waals surface area contributed by atoms with Gasteiger partial charge >= 0.3 is 0 Å². The molecule has 0 aliphatic carbocycles. The average Bonchev–Trinajstić information content (AvgIpc) is 2.35. The molecule has 1 aromatic rings. The Morgan fingerprint density at radius 3 is 2.29 bits per heavy atom. The normalized spacial score (nSPS) is 9.65. The van der Waals surface area contributed by atoms with E-state index < -0.39 is 0 Å². The van der Waals surface area contributed by atoms with Crippen LogP contribution < -0.4 is 0 Å². The van der Waals surface area contributed by atoms with E-state index in [9.17, 15) is 0 Å². The number of hydrogen-bond donors (Lipinski definition) is 0. The number of hydrogen-bond acceptors (Lipinski definition) is 2. The molecule has 0 radical (unpaired) electrons. The van der Waals surface area contributed by atoms with Gasteiger partial charge in [-0.05, 0) is 12.5 Å². The Labute approximate surface area is 106 Å². The summed E-state index contributed by atoms with van der Waals surface area (Å²) in [5.74, 6) is 0. The topological polar surface area (TPSA) is 18.5 Å². The van der Waals surface area contributed by atoms with E-state index in [0.717, 1.165) is 0 Å². The van der Waals surface area contributed by atoms with Crippen LogP contribution in [-0.4, -0.2) is 20.3 Å². The maximum absolute atomic E-state index is 5.39. The van der Waals surface area contributed by atoms with Crippen molar-refractivity contribution in [3.63, 3.8) is 0 Å². The van der Waals surface area contributed by atoms with Crippen LogP contribution in [0.4, 0.5) is 0 Å². The highest BCUT2D eigenvalue weighted by atomic mass is 16.5. The minimum absolute atomic E-state index is 0.657. The van der Waals surface area contributed by atoms with Crippen LogP contribution in [0.15, 0.2) is 24.3 Å². The van der Waals surface area contributed by atoms with E-state index in [0.29, 0.717) is 19.8 Å². The van der Waals surface area contributed by atoms with Crippen molar-refractivity contribution >= 4 is 0 Å². The Balaban J connectivity index is 0.000000557. The fraction of sp³-hybridized carbons (Fsp3) is 0.600. The fourth-order valence-corrected chi connectivity index (χ4v) is 1.13. The molecule has 0 heterocycles. The second kappa shape index (κ2) is 11.6. The van der Waals surface area contributed by atoms with E-state index in [1.165, 1.54) is 24.0 Å². The van der Waals surface area contributed by atoms with E-state index in [1.54, 1.807) is 7.11 Å². The van der Waals surface area contributed by atoms with E-state index in [4.69, 9.17) is 9.47 Å². The van der Waals surface area contributed by atoms with Crippen molar-refractivity contribution in [3.05, 3.63) is 35.4 Å². The summed E-state index contributed by atoms with van der Waals surface area (Å²) in [6.45, 7) is 8.43. The van der Waals surface area contributed by atoms with Gasteiger partial charge in [-0.2, -0.15) is 0 Å².